The van der Waals surface area contributed by atoms with E-state index >= 15 is 0 Å². The molecule has 5 aromatic rings. The van der Waals surface area contributed by atoms with Gasteiger partial charge in [-0.25, -0.2) is 0 Å². The number of Topliss-reactive ketones (excluding diaryl/α,β-unsaturated/α-hetero) is 1. The Morgan fingerprint density at radius 1 is 0.743 bits per heavy atom. The third-order valence-electron chi connectivity index (χ3n) is 6.94. The molecule has 1 aromatic heterocycles. The van der Waals surface area contributed by atoms with E-state index in [1.165, 1.54) is 0 Å². The van der Waals surface area contributed by atoms with Crippen molar-refractivity contribution in [2.75, 3.05) is 0 Å². The van der Waals surface area contributed by atoms with Crippen molar-refractivity contribution in [3.63, 3.8) is 0 Å². The second kappa shape index (κ2) is 7.99. The number of furan rings is 1. The van der Waals surface area contributed by atoms with E-state index in [2.05, 4.69) is 30.3 Å². The van der Waals surface area contributed by atoms with Gasteiger partial charge in [0.2, 0.25) is 0 Å². The van der Waals surface area contributed by atoms with E-state index in [0.717, 1.165) is 32.8 Å². The molecule has 1 aliphatic rings. The first kappa shape index (κ1) is 21.4. The monoisotopic (exact) mass is 458 g/mol. The first-order chi connectivity index (χ1) is 16.9. The zero-order valence-corrected chi connectivity index (χ0v) is 19.8. The van der Waals surface area contributed by atoms with Gasteiger partial charge in [0.05, 0.1) is 5.57 Å². The van der Waals surface area contributed by atoms with Gasteiger partial charge in [0, 0.05) is 29.4 Å². The number of benzene rings is 4. The topological polar surface area (TPSA) is 50.4 Å². The Bertz CT molecular complexity index is 1620. The molecule has 6 rings (SSSR count). The van der Waals surface area contributed by atoms with E-state index in [9.17, 15) is 9.90 Å². The number of aliphatic hydroxyl groups is 1. The van der Waals surface area contributed by atoms with Gasteiger partial charge in [-0.3, -0.25) is 4.79 Å². The van der Waals surface area contributed by atoms with Gasteiger partial charge in [0.25, 0.3) is 0 Å². The molecule has 1 aliphatic carbocycles. The summed E-state index contributed by atoms with van der Waals surface area (Å²) < 4.78 is 6.44. The molecule has 4 aromatic carbocycles. The van der Waals surface area contributed by atoms with Crippen molar-refractivity contribution in [3.05, 3.63) is 102 Å². The Labute approximate surface area is 204 Å². The van der Waals surface area contributed by atoms with Crippen molar-refractivity contribution in [2.45, 2.75) is 26.7 Å². The molecule has 0 atom stereocenters. The number of fused-ring (bicyclic) bond motifs is 3. The van der Waals surface area contributed by atoms with E-state index < -0.39 is 0 Å². The number of hydrogen-bond donors (Lipinski definition) is 1. The highest BCUT2D eigenvalue weighted by molar-refractivity contribution is 6.29. The predicted octanol–water partition coefficient (Wildman–Crippen LogP) is 8.58. The number of hydrogen-bond acceptors (Lipinski definition) is 3. The first-order valence-electron chi connectivity index (χ1n) is 12.0. The summed E-state index contributed by atoms with van der Waals surface area (Å²) in [6.45, 7) is 4.04. The maximum Gasteiger partial charge on any atom is 0.167 e. The van der Waals surface area contributed by atoms with Crippen molar-refractivity contribution in [1.82, 2.24) is 0 Å². The largest absolute Gasteiger partial charge is 0.512 e. The van der Waals surface area contributed by atoms with Crippen molar-refractivity contribution in [1.29, 1.82) is 0 Å². The standard InChI is InChI=1S/C32H26O3/c1-32(2)18-25(33)29(26(34)19-32)30-28-24-11-7-6-10-22(24)16-17-27(28)35-31(30)23-14-12-21(13-15-23)20-8-4-3-5-9-20/h3-17,33H,18-19H2,1-2H3. The second-order valence-corrected chi connectivity index (χ2v) is 10.2. The minimum absolute atomic E-state index is 0.0449. The van der Waals surface area contributed by atoms with Gasteiger partial charge in [0.1, 0.15) is 17.1 Å². The van der Waals surface area contributed by atoms with Crippen LogP contribution in [-0.2, 0) is 4.79 Å². The molecular formula is C32H26O3. The van der Waals surface area contributed by atoms with Crippen LogP contribution in [0.4, 0.5) is 0 Å². The Hall–Kier alpha value is -4.11. The first-order valence-corrected chi connectivity index (χ1v) is 12.0. The molecule has 0 saturated heterocycles. The average Bonchev–Trinajstić information content (AvgIpc) is 3.23. The molecule has 1 N–H and O–H groups in total. The van der Waals surface area contributed by atoms with Crippen LogP contribution in [0.5, 0.6) is 0 Å². The van der Waals surface area contributed by atoms with Gasteiger partial charge in [-0.1, -0.05) is 98.8 Å². The molecule has 0 fully saturated rings. The van der Waals surface area contributed by atoms with Crippen LogP contribution >= 0.6 is 0 Å². The fraction of sp³-hybridized carbons (Fsp3) is 0.156. The van der Waals surface area contributed by atoms with Gasteiger partial charge < -0.3 is 9.52 Å². The Balaban J connectivity index is 1.62. The van der Waals surface area contributed by atoms with E-state index in [1.54, 1.807) is 0 Å². The summed E-state index contributed by atoms with van der Waals surface area (Å²) >= 11 is 0. The fourth-order valence-electron chi connectivity index (χ4n) is 5.33. The van der Waals surface area contributed by atoms with Crippen molar-refractivity contribution >= 4 is 33.1 Å². The predicted molar refractivity (Wildman–Crippen MR) is 142 cm³/mol. The van der Waals surface area contributed by atoms with Gasteiger partial charge in [-0.15, -0.1) is 0 Å². The lowest BCUT2D eigenvalue weighted by Crippen LogP contribution is -2.25. The molecule has 3 heteroatoms. The molecule has 0 saturated carbocycles. The van der Waals surface area contributed by atoms with Crippen LogP contribution in [0.25, 0.3) is 49.8 Å². The normalized spacial score (nSPS) is 15.8. The zero-order chi connectivity index (χ0) is 24.2. The highest BCUT2D eigenvalue weighted by Crippen LogP contribution is 2.47. The molecule has 35 heavy (non-hydrogen) atoms. The molecule has 0 amide bonds. The number of rotatable bonds is 3. The summed E-state index contributed by atoms with van der Waals surface area (Å²) in [4.78, 5) is 13.5. The fourth-order valence-corrected chi connectivity index (χ4v) is 5.33. The third kappa shape index (κ3) is 3.64. The average molecular weight is 459 g/mol. The number of ketones is 1. The van der Waals surface area contributed by atoms with Crippen LogP contribution in [0.1, 0.15) is 32.3 Å². The number of carbonyl (C=O) groups excluding carboxylic acids is 1. The van der Waals surface area contributed by atoms with Gasteiger partial charge >= 0.3 is 0 Å². The van der Waals surface area contributed by atoms with E-state index in [4.69, 9.17) is 4.42 Å². The van der Waals surface area contributed by atoms with Crippen LogP contribution in [0.2, 0.25) is 0 Å². The van der Waals surface area contributed by atoms with Crippen molar-refractivity contribution in [2.24, 2.45) is 5.41 Å². The summed E-state index contributed by atoms with van der Waals surface area (Å²) in [5.41, 5.74) is 4.64. The minimum Gasteiger partial charge on any atom is -0.512 e. The maximum absolute atomic E-state index is 13.5. The lowest BCUT2D eigenvalue weighted by atomic mass is 9.74. The highest BCUT2D eigenvalue weighted by Gasteiger charge is 2.36. The van der Waals surface area contributed by atoms with Gasteiger partial charge in [0.15, 0.2) is 5.78 Å². The summed E-state index contributed by atoms with van der Waals surface area (Å²) in [6.07, 6.45) is 0.841. The summed E-state index contributed by atoms with van der Waals surface area (Å²) in [5, 5.41) is 14.1. The quantitative estimate of drug-likeness (QED) is 0.294. The molecule has 0 bridgehead atoms. The summed E-state index contributed by atoms with van der Waals surface area (Å²) in [6, 6.07) is 30.5. The number of carbonyl (C=O) groups is 1. The number of aliphatic hydroxyl groups excluding tert-OH is 1. The van der Waals surface area contributed by atoms with Crippen molar-refractivity contribution in [3.8, 4) is 22.5 Å². The Morgan fingerprint density at radius 2 is 1.40 bits per heavy atom. The van der Waals surface area contributed by atoms with E-state index in [-0.39, 0.29) is 17.0 Å². The molecule has 0 radical (unpaired) electrons. The Kier molecular flexibility index (Phi) is 4.89. The molecule has 3 nitrogen and oxygen atoms in total. The second-order valence-electron chi connectivity index (χ2n) is 10.2. The lowest BCUT2D eigenvalue weighted by Gasteiger charge is -2.29. The van der Waals surface area contributed by atoms with Crippen LogP contribution in [0.15, 0.2) is 101 Å². The maximum atomic E-state index is 13.5. The van der Waals surface area contributed by atoms with Gasteiger partial charge in [-0.05, 0) is 33.4 Å². The lowest BCUT2D eigenvalue weighted by molar-refractivity contribution is -0.116. The van der Waals surface area contributed by atoms with E-state index in [1.807, 2.05) is 74.5 Å². The molecule has 1 heterocycles. The molecule has 0 aliphatic heterocycles. The van der Waals surface area contributed by atoms with Gasteiger partial charge in [-0.2, -0.15) is 0 Å². The van der Waals surface area contributed by atoms with E-state index in [0.29, 0.717) is 35.3 Å². The van der Waals surface area contributed by atoms with Crippen LogP contribution < -0.4 is 0 Å². The van der Waals surface area contributed by atoms with Crippen LogP contribution in [0.3, 0.4) is 0 Å². The minimum atomic E-state index is -0.274. The number of allylic oxidation sites excluding steroid dienone is 2. The highest BCUT2D eigenvalue weighted by atomic mass is 16.3. The van der Waals surface area contributed by atoms with Crippen LogP contribution in [0, 0.1) is 5.41 Å². The molecular weight excluding hydrogens is 432 g/mol. The summed E-state index contributed by atoms with van der Waals surface area (Å²) in [5.74, 6) is 0.714. The molecule has 0 unspecified atom stereocenters. The zero-order valence-electron chi connectivity index (χ0n) is 19.8. The van der Waals surface area contributed by atoms with Crippen LogP contribution in [-0.4, -0.2) is 10.9 Å². The molecule has 0 spiro atoms. The smallest absolute Gasteiger partial charge is 0.167 e. The summed E-state index contributed by atoms with van der Waals surface area (Å²) in [7, 11) is 0. The molecule has 172 valence electrons. The Morgan fingerprint density at radius 3 is 2.14 bits per heavy atom. The van der Waals surface area contributed by atoms with Crippen molar-refractivity contribution < 1.29 is 14.3 Å². The third-order valence-corrected chi connectivity index (χ3v) is 6.94. The SMILES string of the molecule is CC1(C)CC(=O)C(c2c(-c3ccc(-c4ccccc4)cc3)oc3ccc4ccccc4c23)=C(O)C1.